The van der Waals surface area contributed by atoms with E-state index < -0.39 is 0 Å². The molecule has 0 aromatic heterocycles. The summed E-state index contributed by atoms with van der Waals surface area (Å²) in [4.78, 5) is 11.9. The Labute approximate surface area is 221 Å². The highest BCUT2D eigenvalue weighted by molar-refractivity contribution is 5.69. The molecule has 0 aliphatic rings. The fourth-order valence-corrected chi connectivity index (χ4v) is 4.67. The lowest BCUT2D eigenvalue weighted by molar-refractivity contribution is -0.143. The summed E-state index contributed by atoms with van der Waals surface area (Å²) in [5.41, 5.74) is 0. The summed E-state index contributed by atoms with van der Waals surface area (Å²) < 4.78 is 5.41. The maximum absolute atomic E-state index is 11.9. The molecule has 2 heteroatoms. The monoisotopic (exact) mass is 492 g/mol. The summed E-state index contributed by atoms with van der Waals surface area (Å²) in [7, 11) is 0. The molecule has 0 N–H and O–H groups in total. The van der Waals surface area contributed by atoms with E-state index in [-0.39, 0.29) is 5.97 Å². The highest BCUT2D eigenvalue weighted by Crippen LogP contribution is 2.14. The molecule has 0 fully saturated rings. The lowest BCUT2D eigenvalue weighted by Crippen LogP contribution is -2.05. The number of rotatable bonds is 28. The van der Waals surface area contributed by atoms with Gasteiger partial charge in [-0.2, -0.15) is 0 Å². The van der Waals surface area contributed by atoms with Gasteiger partial charge >= 0.3 is 5.97 Å². The van der Waals surface area contributed by atoms with E-state index in [9.17, 15) is 4.79 Å². The van der Waals surface area contributed by atoms with Crippen LogP contribution in [0.3, 0.4) is 0 Å². The van der Waals surface area contributed by atoms with Crippen LogP contribution in [0.4, 0.5) is 0 Å². The maximum atomic E-state index is 11.9. The van der Waals surface area contributed by atoms with Gasteiger partial charge in [0.2, 0.25) is 0 Å². The average Bonchev–Trinajstić information content (AvgIpc) is 2.84. The first-order valence-corrected chi connectivity index (χ1v) is 16.0. The second-order valence-electron chi connectivity index (χ2n) is 11.3. The van der Waals surface area contributed by atoms with Crippen LogP contribution in [0, 0.1) is 5.92 Å². The van der Waals surface area contributed by atoms with Crippen LogP contribution in [0.25, 0.3) is 0 Å². The number of carbonyl (C=O) groups excluding carboxylic acids is 1. The minimum Gasteiger partial charge on any atom is -0.466 e. The van der Waals surface area contributed by atoms with Crippen LogP contribution in [0.2, 0.25) is 0 Å². The predicted octanol–water partition coefficient (Wildman–Crippen LogP) is 11.5. The largest absolute Gasteiger partial charge is 0.466 e. The molecule has 35 heavy (non-hydrogen) atoms. The highest BCUT2D eigenvalue weighted by atomic mass is 16.5. The van der Waals surface area contributed by atoms with E-state index in [1.54, 1.807) is 0 Å². The van der Waals surface area contributed by atoms with Gasteiger partial charge in [-0.25, -0.2) is 0 Å². The van der Waals surface area contributed by atoms with Crippen molar-refractivity contribution in [2.75, 3.05) is 6.61 Å². The van der Waals surface area contributed by atoms with Gasteiger partial charge in [-0.05, 0) is 44.4 Å². The summed E-state index contributed by atoms with van der Waals surface area (Å²) in [5, 5.41) is 0. The SMILES string of the molecule is CCCCCCCC/C=C/CCCCCCCC(=O)OCCCCCCCCCCCCC(C)C. The van der Waals surface area contributed by atoms with Crippen molar-refractivity contribution in [1.29, 1.82) is 0 Å². The molecule has 0 amide bonds. The molecule has 0 saturated heterocycles. The zero-order chi connectivity index (χ0) is 25.7. The first-order valence-electron chi connectivity index (χ1n) is 16.0. The predicted molar refractivity (Wildman–Crippen MR) is 156 cm³/mol. The summed E-state index contributed by atoms with van der Waals surface area (Å²) in [6, 6.07) is 0. The molecule has 2 nitrogen and oxygen atoms in total. The fourth-order valence-electron chi connectivity index (χ4n) is 4.67. The number of carbonyl (C=O) groups is 1. The zero-order valence-electron chi connectivity index (χ0n) is 24.4. The van der Waals surface area contributed by atoms with E-state index in [2.05, 4.69) is 32.9 Å². The van der Waals surface area contributed by atoms with E-state index >= 15 is 0 Å². The Balaban J connectivity index is 3.20. The number of ether oxygens (including phenoxy) is 1. The van der Waals surface area contributed by atoms with Crippen molar-refractivity contribution in [3.63, 3.8) is 0 Å². The number of unbranched alkanes of at least 4 members (excludes halogenated alkanes) is 20. The summed E-state index contributed by atoms with van der Waals surface area (Å²) >= 11 is 0. The van der Waals surface area contributed by atoms with E-state index in [1.165, 1.54) is 135 Å². The Morgan fingerprint density at radius 1 is 0.571 bits per heavy atom. The molecule has 0 aliphatic heterocycles. The van der Waals surface area contributed by atoms with Crippen molar-refractivity contribution in [3.8, 4) is 0 Å². The maximum Gasteiger partial charge on any atom is 0.305 e. The van der Waals surface area contributed by atoms with Crippen LogP contribution in [0.1, 0.15) is 181 Å². The Kier molecular flexibility index (Phi) is 28.8. The van der Waals surface area contributed by atoms with E-state index in [0.717, 1.165) is 25.2 Å². The van der Waals surface area contributed by atoms with Crippen LogP contribution in [-0.2, 0) is 9.53 Å². The number of esters is 1. The van der Waals surface area contributed by atoms with Gasteiger partial charge in [0.25, 0.3) is 0 Å². The van der Waals surface area contributed by atoms with Crippen molar-refractivity contribution < 1.29 is 9.53 Å². The van der Waals surface area contributed by atoms with Gasteiger partial charge in [0.1, 0.15) is 0 Å². The normalized spacial score (nSPS) is 11.7. The first-order chi connectivity index (χ1) is 17.2. The quantitative estimate of drug-likeness (QED) is 0.0616. The Morgan fingerprint density at radius 2 is 1.00 bits per heavy atom. The molecule has 0 spiro atoms. The molecule has 0 bridgehead atoms. The van der Waals surface area contributed by atoms with Gasteiger partial charge in [-0.3, -0.25) is 4.79 Å². The van der Waals surface area contributed by atoms with Crippen LogP contribution < -0.4 is 0 Å². The standard InChI is InChI=1S/C33H64O2/c1-4-5-6-7-8-9-10-11-12-13-14-18-21-24-27-30-33(34)35-31-28-25-22-19-16-15-17-20-23-26-29-32(2)3/h11-12,32H,4-10,13-31H2,1-3H3/b12-11+. The molecule has 0 aliphatic carbocycles. The molecule has 0 radical (unpaired) electrons. The third-order valence-electron chi connectivity index (χ3n) is 7.08. The van der Waals surface area contributed by atoms with Crippen LogP contribution >= 0.6 is 0 Å². The molecule has 0 heterocycles. The van der Waals surface area contributed by atoms with Crippen LogP contribution in [0.15, 0.2) is 12.2 Å². The minimum atomic E-state index is 0.0140. The molecular formula is C33H64O2. The minimum absolute atomic E-state index is 0.0140. The summed E-state index contributed by atoms with van der Waals surface area (Å²) in [6.07, 6.45) is 36.8. The summed E-state index contributed by atoms with van der Waals surface area (Å²) in [5.74, 6) is 0.876. The second kappa shape index (κ2) is 29.4. The fraction of sp³-hybridized carbons (Fsp3) is 0.909. The van der Waals surface area contributed by atoms with E-state index in [1.807, 2.05) is 0 Å². The van der Waals surface area contributed by atoms with Gasteiger partial charge < -0.3 is 4.74 Å². The molecule has 0 atom stereocenters. The molecule has 0 rings (SSSR count). The van der Waals surface area contributed by atoms with E-state index in [4.69, 9.17) is 4.74 Å². The lowest BCUT2D eigenvalue weighted by atomic mass is 10.0. The lowest BCUT2D eigenvalue weighted by Gasteiger charge is -2.06. The molecular weight excluding hydrogens is 428 g/mol. The van der Waals surface area contributed by atoms with Crippen molar-refractivity contribution in [3.05, 3.63) is 12.2 Å². The summed E-state index contributed by atoms with van der Waals surface area (Å²) in [6.45, 7) is 7.54. The van der Waals surface area contributed by atoms with E-state index in [0.29, 0.717) is 13.0 Å². The first kappa shape index (κ1) is 34.2. The smallest absolute Gasteiger partial charge is 0.305 e. The second-order valence-corrected chi connectivity index (χ2v) is 11.3. The molecule has 0 saturated carbocycles. The van der Waals surface area contributed by atoms with Crippen molar-refractivity contribution in [1.82, 2.24) is 0 Å². The zero-order valence-corrected chi connectivity index (χ0v) is 24.4. The Bertz CT molecular complexity index is 440. The van der Waals surface area contributed by atoms with Gasteiger partial charge in [0, 0.05) is 6.42 Å². The number of allylic oxidation sites excluding steroid dienone is 2. The molecule has 208 valence electrons. The van der Waals surface area contributed by atoms with Crippen LogP contribution in [-0.4, -0.2) is 12.6 Å². The number of hydrogen-bond acceptors (Lipinski definition) is 2. The molecule has 0 aromatic rings. The van der Waals surface area contributed by atoms with Crippen LogP contribution in [0.5, 0.6) is 0 Å². The average molecular weight is 493 g/mol. The highest BCUT2D eigenvalue weighted by Gasteiger charge is 2.02. The van der Waals surface area contributed by atoms with Crippen molar-refractivity contribution >= 4 is 5.97 Å². The topological polar surface area (TPSA) is 26.3 Å². The van der Waals surface area contributed by atoms with Gasteiger partial charge in [0.05, 0.1) is 6.61 Å². The van der Waals surface area contributed by atoms with Gasteiger partial charge in [0.15, 0.2) is 0 Å². The third kappa shape index (κ3) is 31.2. The van der Waals surface area contributed by atoms with Crippen molar-refractivity contribution in [2.45, 2.75) is 181 Å². The third-order valence-corrected chi connectivity index (χ3v) is 7.08. The molecule has 0 aromatic carbocycles. The van der Waals surface area contributed by atoms with Gasteiger partial charge in [-0.1, -0.05) is 148 Å². The Morgan fingerprint density at radius 3 is 1.51 bits per heavy atom. The van der Waals surface area contributed by atoms with Gasteiger partial charge in [-0.15, -0.1) is 0 Å². The molecule has 0 unspecified atom stereocenters. The van der Waals surface area contributed by atoms with Crippen molar-refractivity contribution in [2.24, 2.45) is 5.92 Å². The Hall–Kier alpha value is -0.790. The number of hydrogen-bond donors (Lipinski definition) is 0.